The quantitative estimate of drug-likeness (QED) is 0.709. The number of hydrogen-bond acceptors (Lipinski definition) is 2. The fourth-order valence-corrected chi connectivity index (χ4v) is 1.17. The van der Waals surface area contributed by atoms with E-state index in [-0.39, 0.29) is 11.9 Å². The molecule has 2 atom stereocenters. The highest BCUT2D eigenvalue weighted by atomic mass is 16.2. The lowest BCUT2D eigenvalue weighted by molar-refractivity contribution is -0.126. The molecular weight excluding hydrogens is 176 g/mol. The van der Waals surface area contributed by atoms with Crippen LogP contribution in [0.3, 0.4) is 0 Å². The van der Waals surface area contributed by atoms with E-state index in [2.05, 4.69) is 19.2 Å². The van der Waals surface area contributed by atoms with E-state index in [1.807, 2.05) is 13.8 Å². The second kappa shape index (κ2) is 5.35. The van der Waals surface area contributed by atoms with E-state index in [1.165, 1.54) is 0 Å². The van der Waals surface area contributed by atoms with Crippen LogP contribution in [0.5, 0.6) is 0 Å². The van der Waals surface area contributed by atoms with Gasteiger partial charge in [-0.15, -0.1) is 0 Å². The molecule has 0 aromatic carbocycles. The Morgan fingerprint density at radius 2 is 1.93 bits per heavy atom. The summed E-state index contributed by atoms with van der Waals surface area (Å²) in [7, 11) is 0. The van der Waals surface area contributed by atoms with Crippen molar-refractivity contribution >= 4 is 5.91 Å². The van der Waals surface area contributed by atoms with Gasteiger partial charge in [0.2, 0.25) is 5.91 Å². The Kier molecular flexibility index (Phi) is 5.13. The van der Waals surface area contributed by atoms with Crippen molar-refractivity contribution in [2.75, 3.05) is 0 Å². The first kappa shape index (κ1) is 13.4. The summed E-state index contributed by atoms with van der Waals surface area (Å²) < 4.78 is 0. The largest absolute Gasteiger partial charge is 0.352 e. The SMILES string of the molecule is CCCC(C)(N)C(=O)NC(C)C(C)C. The van der Waals surface area contributed by atoms with Gasteiger partial charge < -0.3 is 11.1 Å². The molecule has 3 N–H and O–H groups in total. The van der Waals surface area contributed by atoms with Crippen molar-refractivity contribution in [2.24, 2.45) is 11.7 Å². The van der Waals surface area contributed by atoms with Crippen LogP contribution in [0.15, 0.2) is 0 Å². The minimum absolute atomic E-state index is 0.0412. The second-order valence-electron chi connectivity index (χ2n) is 4.67. The Balaban J connectivity index is 4.19. The third kappa shape index (κ3) is 4.09. The third-order valence-electron chi connectivity index (χ3n) is 2.65. The van der Waals surface area contributed by atoms with Gasteiger partial charge in [0, 0.05) is 6.04 Å². The van der Waals surface area contributed by atoms with E-state index in [0.717, 1.165) is 12.8 Å². The standard InChI is InChI=1S/C11H24N2O/c1-6-7-11(5,12)10(14)13-9(4)8(2)3/h8-9H,6-7,12H2,1-5H3,(H,13,14). The average molecular weight is 200 g/mol. The number of nitrogens with one attached hydrogen (secondary N) is 1. The summed E-state index contributed by atoms with van der Waals surface area (Å²) in [5.41, 5.74) is 5.18. The number of rotatable bonds is 5. The van der Waals surface area contributed by atoms with Gasteiger partial charge in [0.05, 0.1) is 5.54 Å². The molecule has 0 rings (SSSR count). The first-order valence-electron chi connectivity index (χ1n) is 5.41. The number of amides is 1. The summed E-state index contributed by atoms with van der Waals surface area (Å²) in [6, 6.07) is 0.183. The minimum Gasteiger partial charge on any atom is -0.352 e. The van der Waals surface area contributed by atoms with Gasteiger partial charge in [-0.1, -0.05) is 27.2 Å². The molecular formula is C11H24N2O. The van der Waals surface area contributed by atoms with E-state index in [4.69, 9.17) is 5.73 Å². The van der Waals surface area contributed by atoms with Crippen LogP contribution in [-0.4, -0.2) is 17.5 Å². The van der Waals surface area contributed by atoms with E-state index in [0.29, 0.717) is 5.92 Å². The number of hydrogen-bond donors (Lipinski definition) is 2. The molecule has 0 aliphatic heterocycles. The van der Waals surface area contributed by atoms with Crippen molar-refractivity contribution in [2.45, 2.75) is 59.0 Å². The fourth-order valence-electron chi connectivity index (χ4n) is 1.17. The van der Waals surface area contributed by atoms with Crippen molar-refractivity contribution in [3.05, 3.63) is 0 Å². The molecule has 3 heteroatoms. The van der Waals surface area contributed by atoms with Gasteiger partial charge in [-0.05, 0) is 26.2 Å². The lowest BCUT2D eigenvalue weighted by Gasteiger charge is -2.26. The molecule has 14 heavy (non-hydrogen) atoms. The van der Waals surface area contributed by atoms with Crippen molar-refractivity contribution in [1.29, 1.82) is 0 Å². The lowest BCUT2D eigenvalue weighted by atomic mass is 9.95. The van der Waals surface area contributed by atoms with Crippen LogP contribution >= 0.6 is 0 Å². The number of carbonyl (C=O) groups is 1. The van der Waals surface area contributed by atoms with E-state index < -0.39 is 5.54 Å². The predicted octanol–water partition coefficient (Wildman–Crippen LogP) is 1.66. The summed E-state index contributed by atoms with van der Waals surface area (Å²) in [5.74, 6) is 0.400. The summed E-state index contributed by atoms with van der Waals surface area (Å²) in [6.07, 6.45) is 1.65. The maximum atomic E-state index is 11.7. The maximum Gasteiger partial charge on any atom is 0.240 e. The zero-order valence-corrected chi connectivity index (χ0v) is 10.1. The Morgan fingerprint density at radius 3 is 2.29 bits per heavy atom. The van der Waals surface area contributed by atoms with E-state index in [9.17, 15) is 4.79 Å². The number of carbonyl (C=O) groups excluding carboxylic acids is 1. The molecule has 0 aromatic heterocycles. The molecule has 3 nitrogen and oxygen atoms in total. The first-order chi connectivity index (χ1) is 6.31. The van der Waals surface area contributed by atoms with Crippen molar-refractivity contribution in [3.8, 4) is 0 Å². The monoisotopic (exact) mass is 200 g/mol. The van der Waals surface area contributed by atoms with Crippen LogP contribution in [-0.2, 0) is 4.79 Å². The van der Waals surface area contributed by atoms with Crippen molar-refractivity contribution < 1.29 is 4.79 Å². The number of nitrogens with two attached hydrogens (primary N) is 1. The molecule has 0 aliphatic rings. The molecule has 0 radical (unpaired) electrons. The molecule has 2 unspecified atom stereocenters. The summed E-state index contributed by atoms with van der Waals surface area (Å²) in [4.78, 5) is 11.7. The van der Waals surface area contributed by atoms with Crippen LogP contribution in [0.25, 0.3) is 0 Å². The molecule has 0 aromatic rings. The summed E-state index contributed by atoms with van der Waals surface area (Å²) >= 11 is 0. The third-order valence-corrected chi connectivity index (χ3v) is 2.65. The lowest BCUT2D eigenvalue weighted by Crippen LogP contribution is -2.54. The maximum absolute atomic E-state index is 11.7. The van der Waals surface area contributed by atoms with Crippen LogP contribution in [0, 0.1) is 5.92 Å². The molecule has 84 valence electrons. The first-order valence-corrected chi connectivity index (χ1v) is 5.41. The molecule has 0 saturated heterocycles. The van der Waals surface area contributed by atoms with Gasteiger partial charge in [-0.3, -0.25) is 4.79 Å². The van der Waals surface area contributed by atoms with Gasteiger partial charge >= 0.3 is 0 Å². The fraction of sp³-hybridized carbons (Fsp3) is 0.909. The topological polar surface area (TPSA) is 55.1 Å². The Hall–Kier alpha value is -0.570. The predicted molar refractivity (Wildman–Crippen MR) is 59.9 cm³/mol. The molecule has 0 heterocycles. The van der Waals surface area contributed by atoms with Crippen LogP contribution in [0.1, 0.15) is 47.5 Å². The smallest absolute Gasteiger partial charge is 0.240 e. The molecule has 1 amide bonds. The molecule has 0 spiro atoms. The zero-order chi connectivity index (χ0) is 11.4. The molecule has 0 bridgehead atoms. The van der Waals surface area contributed by atoms with Gasteiger partial charge in [0.25, 0.3) is 0 Å². The van der Waals surface area contributed by atoms with Crippen molar-refractivity contribution in [3.63, 3.8) is 0 Å². The van der Waals surface area contributed by atoms with E-state index >= 15 is 0 Å². The Morgan fingerprint density at radius 1 is 1.43 bits per heavy atom. The van der Waals surface area contributed by atoms with Gasteiger partial charge in [-0.25, -0.2) is 0 Å². The zero-order valence-electron chi connectivity index (χ0n) is 10.1. The highest BCUT2D eigenvalue weighted by Gasteiger charge is 2.28. The molecule has 0 fully saturated rings. The Bertz CT molecular complexity index is 188. The normalized spacial score (nSPS) is 17.6. The summed E-state index contributed by atoms with van der Waals surface area (Å²) in [6.45, 7) is 9.99. The Labute approximate surface area is 87.4 Å². The van der Waals surface area contributed by atoms with E-state index in [1.54, 1.807) is 6.92 Å². The van der Waals surface area contributed by atoms with Crippen LogP contribution in [0.2, 0.25) is 0 Å². The van der Waals surface area contributed by atoms with Gasteiger partial charge in [0.15, 0.2) is 0 Å². The second-order valence-corrected chi connectivity index (χ2v) is 4.67. The van der Waals surface area contributed by atoms with Crippen molar-refractivity contribution in [1.82, 2.24) is 5.32 Å². The van der Waals surface area contributed by atoms with Gasteiger partial charge in [-0.2, -0.15) is 0 Å². The molecule has 0 saturated carbocycles. The van der Waals surface area contributed by atoms with Crippen LogP contribution < -0.4 is 11.1 Å². The minimum atomic E-state index is -0.724. The van der Waals surface area contributed by atoms with Crippen LogP contribution in [0.4, 0.5) is 0 Å². The van der Waals surface area contributed by atoms with Gasteiger partial charge in [0.1, 0.15) is 0 Å². The highest BCUT2D eigenvalue weighted by Crippen LogP contribution is 2.10. The summed E-state index contributed by atoms with van der Waals surface area (Å²) in [5, 5.41) is 2.94. The average Bonchev–Trinajstić information content (AvgIpc) is 2.03. The highest BCUT2D eigenvalue weighted by molar-refractivity contribution is 5.85. The molecule has 0 aliphatic carbocycles.